The van der Waals surface area contributed by atoms with E-state index < -0.39 is 11.6 Å². The Kier molecular flexibility index (Phi) is 9.14. The van der Waals surface area contributed by atoms with Crippen molar-refractivity contribution < 1.29 is 23.8 Å². The van der Waals surface area contributed by atoms with E-state index in [1.807, 2.05) is 36.4 Å². The molecule has 2 atom stereocenters. The second kappa shape index (κ2) is 12.9. The van der Waals surface area contributed by atoms with Gasteiger partial charge in [0.2, 0.25) is 5.90 Å². The summed E-state index contributed by atoms with van der Waals surface area (Å²) in [4.78, 5) is 21.6. The number of nitrogens with zero attached hydrogens (tertiary/aromatic N) is 4. The molecule has 0 aromatic heterocycles. The number of hydrogen-bond acceptors (Lipinski definition) is 6. The molecule has 2 N–H and O–H groups in total. The lowest BCUT2D eigenvalue weighted by atomic mass is 9.84. The van der Waals surface area contributed by atoms with Gasteiger partial charge < -0.3 is 19.9 Å². The smallest absolute Gasteiger partial charge is 0.252 e. The normalized spacial score (nSPS) is 18.0. The number of carbonyl (C=O) groups is 1. The number of rotatable bonds is 12. The molecule has 1 amide bonds. The lowest BCUT2D eigenvalue weighted by Gasteiger charge is -2.29. The maximum absolute atomic E-state index is 13.8. The Hall–Kier alpha value is -4.40. The first-order valence-electron chi connectivity index (χ1n) is 12.7. The number of hydrogen-bond donors (Lipinski definition) is 2. The Morgan fingerprint density at radius 1 is 1.15 bits per heavy atom. The number of aliphatic hydroxyl groups is 1. The molecule has 10 heteroatoms. The van der Waals surface area contributed by atoms with E-state index in [4.69, 9.17) is 25.1 Å². The number of aliphatic imine (C=N–C) groups is 1. The van der Waals surface area contributed by atoms with Crippen molar-refractivity contribution in [3.63, 3.8) is 0 Å². The Bertz CT molecular complexity index is 1360. The number of carbonyl (C=O) groups excluding carboxylic acids is 1. The molecule has 9 nitrogen and oxygen atoms in total. The third-order valence-electron chi connectivity index (χ3n) is 6.58. The molecule has 202 valence electrons. The fraction of sp³-hybridized carbons (Fsp3) is 0.310. The van der Waals surface area contributed by atoms with Gasteiger partial charge in [0, 0.05) is 36.5 Å². The first-order chi connectivity index (χ1) is 18.9. The van der Waals surface area contributed by atoms with Crippen LogP contribution in [-0.2, 0) is 29.0 Å². The number of amides is 1. The summed E-state index contributed by atoms with van der Waals surface area (Å²) in [5, 5.41) is 15.6. The molecular formula is C29H30FN5O4. The number of nitrogens with one attached hydrogen (secondary N) is 1. The van der Waals surface area contributed by atoms with E-state index >= 15 is 0 Å². The zero-order chi connectivity index (χ0) is 27.7. The average molecular weight is 532 g/mol. The molecule has 0 saturated heterocycles. The van der Waals surface area contributed by atoms with Crippen molar-refractivity contribution in [3.05, 3.63) is 111 Å². The molecule has 1 heterocycles. The van der Waals surface area contributed by atoms with Crippen molar-refractivity contribution >= 4 is 11.8 Å². The molecule has 4 rings (SSSR count). The molecule has 0 aliphatic carbocycles. The highest BCUT2D eigenvalue weighted by molar-refractivity contribution is 6.01. The monoisotopic (exact) mass is 531 g/mol. The third-order valence-corrected chi connectivity index (χ3v) is 6.58. The summed E-state index contributed by atoms with van der Waals surface area (Å²) in [5.41, 5.74) is 10.6. The predicted molar refractivity (Wildman–Crippen MR) is 145 cm³/mol. The van der Waals surface area contributed by atoms with E-state index in [1.165, 1.54) is 12.1 Å². The van der Waals surface area contributed by atoms with Gasteiger partial charge in [0.15, 0.2) is 5.54 Å². The van der Waals surface area contributed by atoms with Gasteiger partial charge in [0.05, 0.1) is 13.2 Å². The van der Waals surface area contributed by atoms with Crippen LogP contribution in [-0.4, -0.2) is 41.8 Å². The molecule has 0 saturated carbocycles. The van der Waals surface area contributed by atoms with Gasteiger partial charge >= 0.3 is 0 Å². The van der Waals surface area contributed by atoms with E-state index in [-0.39, 0.29) is 37.8 Å². The highest BCUT2D eigenvalue weighted by Gasteiger charge is 2.50. The third kappa shape index (κ3) is 6.73. The van der Waals surface area contributed by atoms with Crippen LogP contribution in [0.3, 0.4) is 0 Å². The fourth-order valence-corrected chi connectivity index (χ4v) is 4.36. The van der Waals surface area contributed by atoms with E-state index in [0.29, 0.717) is 30.2 Å². The zero-order valence-corrected chi connectivity index (χ0v) is 21.6. The minimum absolute atomic E-state index is 0.0535. The van der Waals surface area contributed by atoms with Gasteiger partial charge in [-0.15, -0.1) is 0 Å². The summed E-state index contributed by atoms with van der Waals surface area (Å²) in [7, 11) is 0. The molecular weight excluding hydrogens is 501 g/mol. The number of azide groups is 1. The minimum atomic E-state index is -1.31. The van der Waals surface area contributed by atoms with Crippen molar-refractivity contribution in [3.8, 4) is 5.75 Å². The maximum atomic E-state index is 13.8. The largest absolute Gasteiger partial charge is 0.494 e. The molecule has 3 aromatic carbocycles. The van der Waals surface area contributed by atoms with Crippen molar-refractivity contribution in [2.45, 2.75) is 44.5 Å². The molecule has 0 fully saturated rings. The van der Waals surface area contributed by atoms with Crippen molar-refractivity contribution in [1.29, 1.82) is 0 Å². The van der Waals surface area contributed by atoms with Crippen LogP contribution >= 0.6 is 0 Å². The maximum Gasteiger partial charge on any atom is 0.252 e. The molecule has 1 aliphatic heterocycles. The summed E-state index contributed by atoms with van der Waals surface area (Å²) >= 11 is 0. The lowest BCUT2D eigenvalue weighted by Crippen LogP contribution is -2.52. The van der Waals surface area contributed by atoms with Crippen LogP contribution in [0.5, 0.6) is 5.75 Å². The van der Waals surface area contributed by atoms with Crippen LogP contribution < -0.4 is 10.1 Å². The van der Waals surface area contributed by atoms with E-state index in [2.05, 4.69) is 15.3 Å². The minimum Gasteiger partial charge on any atom is -0.494 e. The van der Waals surface area contributed by atoms with Crippen LogP contribution in [0.2, 0.25) is 0 Å². The molecule has 0 radical (unpaired) electrons. The summed E-state index contributed by atoms with van der Waals surface area (Å²) in [5.74, 6) is 0.287. The Labute approximate surface area is 225 Å². The fourth-order valence-electron chi connectivity index (χ4n) is 4.36. The van der Waals surface area contributed by atoms with Crippen LogP contribution in [0.15, 0.2) is 82.9 Å². The summed E-state index contributed by atoms with van der Waals surface area (Å²) in [6, 6.07) is 20.6. The first kappa shape index (κ1) is 27.6. The Morgan fingerprint density at radius 3 is 2.56 bits per heavy atom. The van der Waals surface area contributed by atoms with Crippen molar-refractivity contribution in [1.82, 2.24) is 5.32 Å². The molecule has 0 spiro atoms. The average Bonchev–Trinajstić information content (AvgIpc) is 3.29. The Morgan fingerprint density at radius 2 is 1.87 bits per heavy atom. The van der Waals surface area contributed by atoms with E-state index in [9.17, 15) is 9.18 Å². The number of halogens is 1. The van der Waals surface area contributed by atoms with Gasteiger partial charge in [0.25, 0.3) is 5.91 Å². The lowest BCUT2D eigenvalue weighted by molar-refractivity contribution is -0.128. The molecule has 1 aliphatic rings. The predicted octanol–water partition coefficient (Wildman–Crippen LogP) is 4.86. The number of aliphatic hydroxyl groups excluding tert-OH is 1. The summed E-state index contributed by atoms with van der Waals surface area (Å²) in [6.45, 7) is 2.59. The van der Waals surface area contributed by atoms with Crippen molar-refractivity contribution in [2.24, 2.45) is 10.1 Å². The highest BCUT2D eigenvalue weighted by Crippen LogP contribution is 2.34. The standard InChI is InChI=1S/C29H30FN5O4/c1-20-29(17-23-5-2-3-6-24(23)19-33-35-31,28(37)32-18-21-7-11-25(30)12-8-21)34-27(39-20)22-9-13-26(14-10-22)38-16-4-15-36/h2-3,5-14,20,36H,4,15-19H2,1H3,(H,32,37)/t20-,29-/m1/s1. The van der Waals surface area contributed by atoms with Gasteiger partial charge in [-0.25, -0.2) is 9.38 Å². The van der Waals surface area contributed by atoms with Gasteiger partial charge in [-0.3, -0.25) is 4.79 Å². The zero-order valence-electron chi connectivity index (χ0n) is 21.6. The number of ether oxygens (including phenoxy) is 2. The summed E-state index contributed by atoms with van der Waals surface area (Å²) in [6.07, 6.45) is 0.131. The molecule has 3 aromatic rings. The van der Waals surface area contributed by atoms with Gasteiger partial charge in [-0.05, 0) is 65.5 Å². The second-order valence-electron chi connectivity index (χ2n) is 9.19. The summed E-state index contributed by atoms with van der Waals surface area (Å²) < 4.78 is 25.1. The van der Waals surface area contributed by atoms with Gasteiger partial charge in [-0.1, -0.05) is 41.5 Å². The van der Waals surface area contributed by atoms with E-state index in [0.717, 1.165) is 16.7 Å². The second-order valence-corrected chi connectivity index (χ2v) is 9.19. The highest BCUT2D eigenvalue weighted by atomic mass is 19.1. The van der Waals surface area contributed by atoms with Crippen molar-refractivity contribution in [2.75, 3.05) is 13.2 Å². The van der Waals surface area contributed by atoms with Gasteiger partial charge in [0.1, 0.15) is 17.7 Å². The topological polar surface area (TPSA) is 129 Å². The van der Waals surface area contributed by atoms with Crippen LogP contribution in [0.4, 0.5) is 4.39 Å². The SMILES string of the molecule is C[C@H]1OC(c2ccc(OCCCO)cc2)=N[C@@]1(Cc1ccccc1CN=[N+]=[N-])C(=O)NCc1ccc(F)cc1. The number of benzene rings is 3. The molecule has 0 bridgehead atoms. The van der Waals surface area contributed by atoms with Gasteiger partial charge in [-0.2, -0.15) is 0 Å². The van der Waals surface area contributed by atoms with Crippen LogP contribution in [0, 0.1) is 5.82 Å². The first-order valence-corrected chi connectivity index (χ1v) is 12.7. The van der Waals surface area contributed by atoms with Crippen LogP contribution in [0.25, 0.3) is 10.4 Å². The van der Waals surface area contributed by atoms with E-state index in [1.54, 1.807) is 31.2 Å². The molecule has 0 unspecified atom stereocenters. The van der Waals surface area contributed by atoms with Crippen LogP contribution in [0.1, 0.15) is 35.6 Å². The quantitative estimate of drug-likeness (QED) is 0.150. The Balaban J connectivity index is 1.65. The molecule has 39 heavy (non-hydrogen) atoms.